The normalized spacial score (nSPS) is 16.2. The molecule has 6 nitrogen and oxygen atoms in total. The number of nitro benzene ring substituents is 1. The average Bonchev–Trinajstić information content (AvgIpc) is 2.47. The fraction of sp³-hybridized carbons (Fsp3) is 0.462. The van der Waals surface area contributed by atoms with E-state index in [1.807, 2.05) is 0 Å². The lowest BCUT2D eigenvalue weighted by molar-refractivity contribution is -0.384. The van der Waals surface area contributed by atoms with Gasteiger partial charge in [-0.05, 0) is 47.3 Å². The van der Waals surface area contributed by atoms with Gasteiger partial charge in [-0.2, -0.15) is 0 Å². The van der Waals surface area contributed by atoms with Crippen LogP contribution in [0.2, 0.25) is 0 Å². The molecule has 0 spiro atoms. The largest absolute Gasteiger partial charge is 0.339 e. The molecule has 7 heteroatoms. The molecular weight excluding hydrogens is 326 g/mol. The molecule has 0 saturated carbocycles. The van der Waals surface area contributed by atoms with E-state index in [0.717, 1.165) is 12.8 Å². The predicted molar refractivity (Wildman–Crippen MR) is 78.5 cm³/mol. The fourth-order valence-electron chi connectivity index (χ4n) is 2.33. The summed E-state index contributed by atoms with van der Waals surface area (Å²) in [6.45, 7) is 1.94. The number of carbonyl (C=O) groups is 1. The van der Waals surface area contributed by atoms with Gasteiger partial charge >= 0.3 is 0 Å². The van der Waals surface area contributed by atoms with Crippen LogP contribution < -0.4 is 5.73 Å². The number of amides is 1. The van der Waals surface area contributed by atoms with E-state index in [2.05, 4.69) is 15.9 Å². The standard InChI is InChI=1S/C13H16BrN3O3/c14-12-2-1-10(17(19)20)7-11(12)13(18)16-5-3-9(8-15)4-6-16/h1-2,7,9H,3-6,8,15H2. The van der Waals surface area contributed by atoms with Gasteiger partial charge in [-0.25, -0.2) is 0 Å². The highest BCUT2D eigenvalue weighted by Crippen LogP contribution is 2.25. The van der Waals surface area contributed by atoms with Gasteiger partial charge in [0.2, 0.25) is 0 Å². The number of carbonyl (C=O) groups excluding carboxylic acids is 1. The van der Waals surface area contributed by atoms with Crippen molar-refractivity contribution in [3.8, 4) is 0 Å². The van der Waals surface area contributed by atoms with Crippen molar-refractivity contribution in [2.24, 2.45) is 11.7 Å². The fourth-order valence-corrected chi connectivity index (χ4v) is 2.75. The Labute approximate surface area is 125 Å². The Hall–Kier alpha value is -1.47. The number of nitrogens with zero attached hydrogens (tertiary/aromatic N) is 2. The molecule has 1 aromatic carbocycles. The van der Waals surface area contributed by atoms with Crippen molar-refractivity contribution >= 4 is 27.5 Å². The van der Waals surface area contributed by atoms with Crippen LogP contribution in [0.4, 0.5) is 5.69 Å². The molecular formula is C13H16BrN3O3. The number of likely N-dealkylation sites (tertiary alicyclic amines) is 1. The molecule has 0 aromatic heterocycles. The maximum Gasteiger partial charge on any atom is 0.270 e. The summed E-state index contributed by atoms with van der Waals surface area (Å²) in [5, 5.41) is 10.8. The number of hydrogen-bond donors (Lipinski definition) is 1. The molecule has 0 bridgehead atoms. The molecule has 1 heterocycles. The molecule has 1 saturated heterocycles. The second kappa shape index (κ2) is 6.32. The Balaban J connectivity index is 2.17. The van der Waals surface area contributed by atoms with Crippen molar-refractivity contribution in [1.29, 1.82) is 0 Å². The number of nitrogens with two attached hydrogens (primary N) is 1. The lowest BCUT2D eigenvalue weighted by atomic mass is 9.96. The molecule has 1 fully saturated rings. The molecule has 1 aromatic rings. The van der Waals surface area contributed by atoms with E-state index in [1.165, 1.54) is 18.2 Å². The van der Waals surface area contributed by atoms with E-state index in [-0.39, 0.29) is 11.6 Å². The van der Waals surface area contributed by atoms with E-state index in [0.29, 0.717) is 35.6 Å². The van der Waals surface area contributed by atoms with Crippen molar-refractivity contribution in [3.05, 3.63) is 38.3 Å². The zero-order valence-corrected chi connectivity index (χ0v) is 12.5. The lowest BCUT2D eigenvalue weighted by Gasteiger charge is -2.31. The third kappa shape index (κ3) is 3.16. The van der Waals surface area contributed by atoms with Crippen molar-refractivity contribution in [2.75, 3.05) is 19.6 Å². The minimum Gasteiger partial charge on any atom is -0.339 e. The number of benzene rings is 1. The van der Waals surface area contributed by atoms with Gasteiger partial charge in [0, 0.05) is 29.7 Å². The smallest absolute Gasteiger partial charge is 0.270 e. The molecule has 0 unspecified atom stereocenters. The molecule has 2 N–H and O–H groups in total. The van der Waals surface area contributed by atoms with Crippen LogP contribution in [0.3, 0.4) is 0 Å². The van der Waals surface area contributed by atoms with Gasteiger partial charge in [0.1, 0.15) is 0 Å². The molecule has 2 rings (SSSR count). The third-order valence-corrected chi connectivity index (χ3v) is 4.32. The van der Waals surface area contributed by atoms with E-state index in [9.17, 15) is 14.9 Å². The Morgan fingerprint density at radius 3 is 2.65 bits per heavy atom. The highest BCUT2D eigenvalue weighted by molar-refractivity contribution is 9.10. The number of nitro groups is 1. The zero-order valence-electron chi connectivity index (χ0n) is 10.9. The second-order valence-electron chi connectivity index (χ2n) is 4.89. The van der Waals surface area contributed by atoms with E-state index in [1.54, 1.807) is 4.90 Å². The summed E-state index contributed by atoms with van der Waals surface area (Å²) in [6, 6.07) is 4.24. The molecule has 1 aliphatic rings. The Bertz CT molecular complexity index is 528. The van der Waals surface area contributed by atoms with Crippen molar-refractivity contribution in [2.45, 2.75) is 12.8 Å². The Kier molecular flexibility index (Phi) is 4.72. The van der Waals surface area contributed by atoms with Gasteiger partial charge in [-0.3, -0.25) is 14.9 Å². The van der Waals surface area contributed by atoms with Crippen LogP contribution in [0, 0.1) is 16.0 Å². The molecule has 1 amide bonds. The second-order valence-corrected chi connectivity index (χ2v) is 5.75. The predicted octanol–water partition coefficient (Wildman–Crippen LogP) is 2.17. The summed E-state index contributed by atoms with van der Waals surface area (Å²) < 4.78 is 0.578. The number of piperidine rings is 1. The number of non-ortho nitro benzene ring substituents is 1. The topological polar surface area (TPSA) is 89.5 Å². The minimum atomic E-state index is -0.496. The molecule has 108 valence electrons. The average molecular weight is 342 g/mol. The van der Waals surface area contributed by atoms with Gasteiger partial charge in [0.05, 0.1) is 10.5 Å². The number of halogens is 1. The molecule has 0 radical (unpaired) electrons. The molecule has 20 heavy (non-hydrogen) atoms. The van der Waals surface area contributed by atoms with Crippen LogP contribution in [-0.4, -0.2) is 35.4 Å². The first-order valence-corrected chi connectivity index (χ1v) is 7.25. The summed E-state index contributed by atoms with van der Waals surface area (Å²) in [7, 11) is 0. The van der Waals surface area contributed by atoms with Crippen LogP contribution in [0.15, 0.2) is 22.7 Å². The highest BCUT2D eigenvalue weighted by atomic mass is 79.9. The van der Waals surface area contributed by atoms with Crippen LogP contribution >= 0.6 is 15.9 Å². The van der Waals surface area contributed by atoms with Crippen molar-refractivity contribution in [1.82, 2.24) is 4.90 Å². The summed E-state index contributed by atoms with van der Waals surface area (Å²) >= 11 is 3.28. The summed E-state index contributed by atoms with van der Waals surface area (Å²) in [5.41, 5.74) is 5.89. The monoisotopic (exact) mass is 341 g/mol. The van der Waals surface area contributed by atoms with Crippen molar-refractivity contribution in [3.63, 3.8) is 0 Å². The van der Waals surface area contributed by atoms with E-state index >= 15 is 0 Å². The molecule has 1 aliphatic heterocycles. The SMILES string of the molecule is NCC1CCN(C(=O)c2cc([N+](=O)[O-])ccc2Br)CC1. The lowest BCUT2D eigenvalue weighted by Crippen LogP contribution is -2.40. The van der Waals surface area contributed by atoms with Gasteiger partial charge in [-0.15, -0.1) is 0 Å². The van der Waals surface area contributed by atoms with Gasteiger partial charge in [0.15, 0.2) is 0 Å². The van der Waals surface area contributed by atoms with Crippen LogP contribution in [0.5, 0.6) is 0 Å². The minimum absolute atomic E-state index is 0.0756. The van der Waals surface area contributed by atoms with Gasteiger partial charge in [0.25, 0.3) is 11.6 Å². The quantitative estimate of drug-likeness (QED) is 0.673. The van der Waals surface area contributed by atoms with Crippen LogP contribution in [-0.2, 0) is 0 Å². The summed E-state index contributed by atoms with van der Waals surface area (Å²) in [5.74, 6) is 0.295. The maximum absolute atomic E-state index is 12.4. The van der Waals surface area contributed by atoms with Gasteiger partial charge < -0.3 is 10.6 Å². The Morgan fingerprint density at radius 1 is 1.45 bits per heavy atom. The van der Waals surface area contributed by atoms with E-state index < -0.39 is 4.92 Å². The van der Waals surface area contributed by atoms with Crippen molar-refractivity contribution < 1.29 is 9.72 Å². The van der Waals surface area contributed by atoms with E-state index in [4.69, 9.17) is 5.73 Å². The first-order valence-electron chi connectivity index (χ1n) is 6.46. The zero-order chi connectivity index (χ0) is 14.7. The molecule has 0 aliphatic carbocycles. The summed E-state index contributed by atoms with van der Waals surface area (Å²) in [4.78, 5) is 24.5. The summed E-state index contributed by atoms with van der Waals surface area (Å²) in [6.07, 6.45) is 1.77. The van der Waals surface area contributed by atoms with Gasteiger partial charge in [-0.1, -0.05) is 0 Å². The number of hydrogen-bond acceptors (Lipinski definition) is 4. The van der Waals surface area contributed by atoms with Crippen LogP contribution in [0.1, 0.15) is 23.2 Å². The molecule has 0 atom stereocenters. The first-order chi connectivity index (χ1) is 9.52. The number of rotatable bonds is 3. The third-order valence-electron chi connectivity index (χ3n) is 3.63. The first kappa shape index (κ1) is 14.9. The Morgan fingerprint density at radius 2 is 2.10 bits per heavy atom. The highest BCUT2D eigenvalue weighted by Gasteiger charge is 2.25. The maximum atomic E-state index is 12.4. The van der Waals surface area contributed by atoms with Crippen LogP contribution in [0.25, 0.3) is 0 Å².